The largest absolute Gasteiger partial charge is 0.396 e. The first-order chi connectivity index (χ1) is 13.5. The van der Waals surface area contributed by atoms with Crippen molar-refractivity contribution in [2.75, 3.05) is 13.2 Å². The predicted octanol–water partition coefficient (Wildman–Crippen LogP) is 5.55. The van der Waals surface area contributed by atoms with Gasteiger partial charge >= 0.3 is 0 Å². The molecule has 0 aromatic heterocycles. The van der Waals surface area contributed by atoms with E-state index < -0.39 is 0 Å². The molecular weight excluding hydrogens is 348 g/mol. The Morgan fingerprint density at radius 2 is 1.71 bits per heavy atom. The Balaban J connectivity index is 1.27. The van der Waals surface area contributed by atoms with Gasteiger partial charge in [0.25, 0.3) is 0 Å². The van der Waals surface area contributed by atoms with Gasteiger partial charge in [0.2, 0.25) is 0 Å². The highest BCUT2D eigenvalue weighted by Crippen LogP contribution is 2.67. The summed E-state index contributed by atoms with van der Waals surface area (Å²) in [6.45, 7) is 6.46. The Morgan fingerprint density at radius 3 is 2.50 bits per heavy atom. The molecule has 0 aromatic carbocycles. The Labute approximate surface area is 171 Å². The van der Waals surface area contributed by atoms with Crippen LogP contribution in [0.4, 0.5) is 0 Å². The van der Waals surface area contributed by atoms with E-state index in [0.29, 0.717) is 29.5 Å². The molecule has 3 nitrogen and oxygen atoms in total. The molecule has 0 radical (unpaired) electrons. The van der Waals surface area contributed by atoms with Gasteiger partial charge in [-0.05, 0) is 117 Å². The molecule has 0 unspecified atom stereocenters. The fraction of sp³-hybridized carbons (Fsp3) is 1.00. The molecule has 1 heterocycles. The Hall–Kier alpha value is -0.120. The normalized spacial score (nSPS) is 53.9. The fourth-order valence-electron chi connectivity index (χ4n) is 8.78. The van der Waals surface area contributed by atoms with Crippen molar-refractivity contribution in [1.29, 1.82) is 0 Å². The van der Waals surface area contributed by atoms with Crippen LogP contribution in [-0.4, -0.2) is 30.7 Å². The number of aliphatic hydroxyl groups is 1. The van der Waals surface area contributed by atoms with Crippen molar-refractivity contribution in [3.8, 4) is 0 Å². The highest BCUT2D eigenvalue weighted by atomic mass is 16.7. The van der Waals surface area contributed by atoms with Crippen LogP contribution < -0.4 is 0 Å². The Morgan fingerprint density at radius 1 is 0.893 bits per heavy atom. The third-order valence-corrected chi connectivity index (χ3v) is 10.5. The Bertz CT molecular complexity index is 558. The van der Waals surface area contributed by atoms with Gasteiger partial charge in [-0.2, -0.15) is 0 Å². The first-order valence-corrected chi connectivity index (χ1v) is 12.4. The zero-order chi connectivity index (χ0) is 19.4. The lowest BCUT2D eigenvalue weighted by atomic mass is 9.44. The topological polar surface area (TPSA) is 38.7 Å². The van der Waals surface area contributed by atoms with Gasteiger partial charge in [-0.3, -0.25) is 0 Å². The number of rotatable bonds is 3. The lowest BCUT2D eigenvalue weighted by molar-refractivity contribution is -0.212. The van der Waals surface area contributed by atoms with E-state index >= 15 is 0 Å². The molecule has 4 aliphatic carbocycles. The summed E-state index contributed by atoms with van der Waals surface area (Å²) in [5, 5.41) is 9.94. The van der Waals surface area contributed by atoms with Crippen molar-refractivity contribution in [3.63, 3.8) is 0 Å². The van der Waals surface area contributed by atoms with Gasteiger partial charge in [0.1, 0.15) is 0 Å². The number of fused-ring (bicyclic) bond motifs is 5. The van der Waals surface area contributed by atoms with Crippen LogP contribution >= 0.6 is 0 Å². The molecule has 0 aromatic rings. The molecule has 3 heteroatoms. The predicted molar refractivity (Wildman–Crippen MR) is 111 cm³/mol. The van der Waals surface area contributed by atoms with Crippen LogP contribution in [0.3, 0.4) is 0 Å². The maximum atomic E-state index is 9.94. The molecule has 1 N–H and O–H groups in total. The minimum atomic E-state index is 0.0729. The second kappa shape index (κ2) is 7.54. The smallest absolute Gasteiger partial charge is 0.157 e. The first-order valence-electron chi connectivity index (χ1n) is 12.4. The van der Waals surface area contributed by atoms with Crippen LogP contribution in [-0.2, 0) is 9.47 Å². The van der Waals surface area contributed by atoms with Crippen molar-refractivity contribution >= 4 is 0 Å². The Kier molecular flexibility index (Phi) is 5.33. The summed E-state index contributed by atoms with van der Waals surface area (Å²) in [4.78, 5) is 0. The summed E-state index contributed by atoms with van der Waals surface area (Å²) in [6.07, 6.45) is 16.1. The summed E-state index contributed by atoms with van der Waals surface area (Å²) < 4.78 is 12.3. The van der Waals surface area contributed by atoms with Crippen LogP contribution in [0.5, 0.6) is 0 Å². The van der Waals surface area contributed by atoms with Gasteiger partial charge < -0.3 is 14.6 Å². The van der Waals surface area contributed by atoms with E-state index in [4.69, 9.17) is 9.47 Å². The number of ether oxygens (including phenoxy) is 2. The number of aliphatic hydroxyl groups excluding tert-OH is 1. The average Bonchev–Trinajstić information content (AvgIpc) is 3.05. The lowest BCUT2D eigenvalue weighted by Gasteiger charge is -2.61. The van der Waals surface area contributed by atoms with Gasteiger partial charge in [0.05, 0.1) is 6.10 Å². The van der Waals surface area contributed by atoms with Crippen LogP contribution in [0.1, 0.15) is 90.9 Å². The van der Waals surface area contributed by atoms with E-state index in [1.54, 1.807) is 0 Å². The van der Waals surface area contributed by atoms with Crippen molar-refractivity contribution in [2.24, 2.45) is 40.4 Å². The number of hydrogen-bond donors (Lipinski definition) is 1. The molecule has 160 valence electrons. The second-order valence-electron chi connectivity index (χ2n) is 11.5. The second-order valence-corrected chi connectivity index (χ2v) is 11.5. The third-order valence-electron chi connectivity index (χ3n) is 10.5. The molecule has 0 amide bonds. The average molecular weight is 391 g/mol. The van der Waals surface area contributed by atoms with Crippen LogP contribution in [0.25, 0.3) is 0 Å². The first kappa shape index (κ1) is 19.8. The van der Waals surface area contributed by atoms with E-state index in [-0.39, 0.29) is 6.29 Å². The van der Waals surface area contributed by atoms with Crippen molar-refractivity contribution in [1.82, 2.24) is 0 Å². The van der Waals surface area contributed by atoms with E-state index in [1.165, 1.54) is 70.6 Å². The van der Waals surface area contributed by atoms with Gasteiger partial charge in [0, 0.05) is 13.2 Å². The summed E-state index contributed by atoms with van der Waals surface area (Å²) in [6, 6.07) is 0. The minimum Gasteiger partial charge on any atom is -0.396 e. The summed E-state index contributed by atoms with van der Waals surface area (Å²) >= 11 is 0. The molecule has 0 spiro atoms. The lowest BCUT2D eigenvalue weighted by Crippen LogP contribution is -2.54. The molecular formula is C25H42O3. The SMILES string of the molecule is C[C@]12CC[C@H](O[C@H]3CCCCO3)C[C@@H]1CC[C@@H]1[C@@H]2CC[C@]2(C)[C@@H](CO)CC[C@@H]12. The van der Waals surface area contributed by atoms with Gasteiger partial charge in [-0.1, -0.05) is 13.8 Å². The zero-order valence-corrected chi connectivity index (χ0v) is 18.2. The quantitative estimate of drug-likeness (QED) is 0.642. The van der Waals surface area contributed by atoms with E-state index in [0.717, 1.165) is 36.7 Å². The highest BCUT2D eigenvalue weighted by molar-refractivity contribution is 5.09. The molecule has 5 fully saturated rings. The molecule has 28 heavy (non-hydrogen) atoms. The molecule has 1 aliphatic heterocycles. The minimum absolute atomic E-state index is 0.0729. The van der Waals surface area contributed by atoms with Crippen LogP contribution in [0, 0.1) is 40.4 Å². The maximum Gasteiger partial charge on any atom is 0.157 e. The zero-order valence-electron chi connectivity index (χ0n) is 18.2. The van der Waals surface area contributed by atoms with Crippen molar-refractivity contribution < 1.29 is 14.6 Å². The molecule has 0 bridgehead atoms. The van der Waals surface area contributed by atoms with Gasteiger partial charge in [-0.25, -0.2) is 0 Å². The molecule has 4 saturated carbocycles. The third kappa shape index (κ3) is 3.10. The van der Waals surface area contributed by atoms with Crippen molar-refractivity contribution in [3.05, 3.63) is 0 Å². The van der Waals surface area contributed by atoms with E-state index in [2.05, 4.69) is 13.8 Å². The van der Waals surface area contributed by atoms with Crippen LogP contribution in [0.15, 0.2) is 0 Å². The molecule has 1 saturated heterocycles. The summed E-state index contributed by atoms with van der Waals surface area (Å²) in [5.41, 5.74) is 0.937. The van der Waals surface area contributed by atoms with Gasteiger partial charge in [-0.15, -0.1) is 0 Å². The highest BCUT2D eigenvalue weighted by Gasteiger charge is 2.60. The monoisotopic (exact) mass is 390 g/mol. The van der Waals surface area contributed by atoms with Crippen molar-refractivity contribution in [2.45, 2.75) is 103 Å². The van der Waals surface area contributed by atoms with E-state index in [9.17, 15) is 5.11 Å². The fourth-order valence-corrected chi connectivity index (χ4v) is 8.78. The molecule has 5 rings (SSSR count). The molecule has 9 atom stereocenters. The molecule has 5 aliphatic rings. The van der Waals surface area contributed by atoms with Crippen LogP contribution in [0.2, 0.25) is 0 Å². The maximum absolute atomic E-state index is 9.94. The van der Waals surface area contributed by atoms with E-state index in [1.807, 2.05) is 0 Å². The summed E-state index contributed by atoms with van der Waals surface area (Å²) in [7, 11) is 0. The standard InChI is InChI=1S/C25H42O3/c1-24-12-10-19(28-23-5-3-4-14-27-23)15-17(24)6-8-20-21-9-7-18(16-26)25(21,2)13-11-22(20)24/h17-23,26H,3-16H2,1-2H3/t17-,18+,19-,20-,21-,22-,23-,24-,25+/m0/s1. The number of hydrogen-bond acceptors (Lipinski definition) is 3. The van der Waals surface area contributed by atoms with Gasteiger partial charge in [0.15, 0.2) is 6.29 Å². The summed E-state index contributed by atoms with van der Waals surface area (Å²) in [5.74, 6) is 4.09.